The Morgan fingerprint density at radius 1 is 1.07 bits per heavy atom. The normalized spacial score (nSPS) is 11.1. The Bertz CT molecular complexity index is 1050. The summed E-state index contributed by atoms with van der Waals surface area (Å²) in [6.07, 6.45) is -4.73. The van der Waals surface area contributed by atoms with E-state index in [1.54, 1.807) is 19.2 Å². The molecule has 2 aromatic carbocycles. The first-order valence-electron chi connectivity index (χ1n) is 8.80. The number of anilines is 4. The molecule has 156 valence electrons. The number of rotatable bonds is 6. The summed E-state index contributed by atoms with van der Waals surface area (Å²) >= 11 is 0. The molecule has 0 aliphatic rings. The molecule has 0 atom stereocenters. The number of hydrogen-bond acceptors (Lipinski definition) is 5. The number of aryl methyl sites for hydroxylation is 1. The summed E-state index contributed by atoms with van der Waals surface area (Å²) in [5, 5.41) is 12.1. The highest BCUT2D eigenvalue weighted by atomic mass is 19.4. The number of nitrogens with zero attached hydrogens (tertiary/aromatic N) is 2. The molecule has 3 rings (SSSR count). The Kier molecular flexibility index (Phi) is 5.81. The maximum Gasteiger partial charge on any atom is 0.573 e. The van der Waals surface area contributed by atoms with E-state index in [2.05, 4.69) is 15.0 Å². The smallest absolute Gasteiger partial charge is 0.477 e. The van der Waals surface area contributed by atoms with Gasteiger partial charge < -0.3 is 20.1 Å². The number of carbonyl (C=O) groups is 1. The standard InChI is InChI=1S/C21H18F3N3O3/c1-13-12-15(27(2)14-6-9-16(10-7-14)30-21(22,23)24)8-11-17(13)25-19-5-3-4-18(26-19)20(28)29/h3-12H,1-2H3,(H,25,26)(H,28,29). The van der Waals surface area contributed by atoms with Gasteiger partial charge in [0.1, 0.15) is 11.6 Å². The predicted molar refractivity (Wildman–Crippen MR) is 107 cm³/mol. The van der Waals surface area contributed by atoms with Crippen LogP contribution in [-0.4, -0.2) is 29.5 Å². The van der Waals surface area contributed by atoms with Gasteiger partial charge in [-0.2, -0.15) is 0 Å². The number of ether oxygens (including phenoxy) is 1. The number of alkyl halides is 3. The topological polar surface area (TPSA) is 74.7 Å². The van der Waals surface area contributed by atoms with Crippen molar-refractivity contribution in [3.8, 4) is 5.75 Å². The monoisotopic (exact) mass is 417 g/mol. The van der Waals surface area contributed by atoms with Gasteiger partial charge in [0, 0.05) is 24.1 Å². The van der Waals surface area contributed by atoms with Crippen LogP contribution >= 0.6 is 0 Å². The second-order valence-electron chi connectivity index (χ2n) is 6.44. The fraction of sp³-hybridized carbons (Fsp3) is 0.143. The highest BCUT2D eigenvalue weighted by Gasteiger charge is 2.31. The maximum atomic E-state index is 12.3. The zero-order valence-electron chi connectivity index (χ0n) is 16.1. The number of benzene rings is 2. The van der Waals surface area contributed by atoms with Crippen molar-refractivity contribution >= 4 is 28.8 Å². The molecule has 0 aliphatic carbocycles. The molecule has 0 aliphatic heterocycles. The van der Waals surface area contributed by atoms with Gasteiger partial charge in [-0.05, 0) is 67.1 Å². The van der Waals surface area contributed by atoms with Gasteiger partial charge in [-0.1, -0.05) is 6.07 Å². The van der Waals surface area contributed by atoms with Crippen molar-refractivity contribution in [2.45, 2.75) is 13.3 Å². The average Bonchev–Trinajstić information content (AvgIpc) is 2.68. The lowest BCUT2D eigenvalue weighted by molar-refractivity contribution is -0.274. The molecule has 0 saturated carbocycles. The van der Waals surface area contributed by atoms with Crippen LogP contribution < -0.4 is 15.0 Å². The van der Waals surface area contributed by atoms with Gasteiger partial charge in [0.2, 0.25) is 0 Å². The predicted octanol–water partition coefficient (Wildman–Crippen LogP) is 5.50. The minimum Gasteiger partial charge on any atom is -0.477 e. The minimum absolute atomic E-state index is 0.0630. The van der Waals surface area contributed by atoms with Crippen LogP contribution in [0.3, 0.4) is 0 Å². The summed E-state index contributed by atoms with van der Waals surface area (Å²) in [7, 11) is 1.79. The number of aromatic nitrogens is 1. The fourth-order valence-electron chi connectivity index (χ4n) is 2.78. The lowest BCUT2D eigenvalue weighted by Gasteiger charge is -2.21. The third-order valence-electron chi connectivity index (χ3n) is 4.29. The van der Waals surface area contributed by atoms with Crippen LogP contribution in [0.25, 0.3) is 0 Å². The van der Waals surface area contributed by atoms with Crippen molar-refractivity contribution in [1.82, 2.24) is 4.98 Å². The highest BCUT2D eigenvalue weighted by Crippen LogP contribution is 2.31. The molecule has 30 heavy (non-hydrogen) atoms. The summed E-state index contributed by atoms with van der Waals surface area (Å²) in [5.74, 6) is -0.996. The van der Waals surface area contributed by atoms with Gasteiger partial charge in [-0.25, -0.2) is 9.78 Å². The number of nitrogens with one attached hydrogen (secondary N) is 1. The molecule has 0 bridgehead atoms. The second-order valence-corrected chi connectivity index (χ2v) is 6.44. The molecule has 0 unspecified atom stereocenters. The van der Waals surface area contributed by atoms with Gasteiger partial charge >= 0.3 is 12.3 Å². The van der Waals surface area contributed by atoms with Crippen LogP contribution in [-0.2, 0) is 0 Å². The van der Waals surface area contributed by atoms with Gasteiger partial charge in [-0.3, -0.25) is 0 Å². The van der Waals surface area contributed by atoms with Crippen molar-refractivity contribution < 1.29 is 27.8 Å². The van der Waals surface area contributed by atoms with Crippen LogP contribution in [0.4, 0.5) is 36.1 Å². The molecule has 3 aromatic rings. The highest BCUT2D eigenvalue weighted by molar-refractivity contribution is 5.86. The summed E-state index contributed by atoms with van der Waals surface area (Å²) in [6, 6.07) is 15.8. The Hall–Kier alpha value is -3.75. The molecular formula is C21H18F3N3O3. The fourth-order valence-corrected chi connectivity index (χ4v) is 2.78. The zero-order valence-corrected chi connectivity index (χ0v) is 16.1. The van der Waals surface area contributed by atoms with E-state index in [9.17, 15) is 18.0 Å². The van der Waals surface area contributed by atoms with E-state index in [-0.39, 0.29) is 11.4 Å². The Morgan fingerprint density at radius 2 is 1.73 bits per heavy atom. The number of pyridine rings is 1. The van der Waals surface area contributed by atoms with Crippen molar-refractivity contribution in [3.63, 3.8) is 0 Å². The van der Waals surface area contributed by atoms with Gasteiger partial charge in [-0.15, -0.1) is 13.2 Å². The molecule has 0 radical (unpaired) electrons. The van der Waals surface area contributed by atoms with Gasteiger partial charge in [0.15, 0.2) is 5.69 Å². The van der Waals surface area contributed by atoms with E-state index in [4.69, 9.17) is 5.11 Å². The first kappa shape index (κ1) is 21.0. The number of aromatic carboxylic acids is 1. The van der Waals surface area contributed by atoms with E-state index in [0.29, 0.717) is 11.5 Å². The Morgan fingerprint density at radius 3 is 2.33 bits per heavy atom. The molecule has 0 amide bonds. The van der Waals surface area contributed by atoms with Crippen molar-refractivity contribution in [2.75, 3.05) is 17.3 Å². The van der Waals surface area contributed by atoms with Crippen molar-refractivity contribution in [2.24, 2.45) is 0 Å². The summed E-state index contributed by atoms with van der Waals surface area (Å²) in [5.41, 5.74) is 3.05. The van der Waals surface area contributed by atoms with Crippen LogP contribution in [0, 0.1) is 6.92 Å². The molecule has 0 fully saturated rings. The van der Waals surface area contributed by atoms with E-state index in [1.807, 2.05) is 30.0 Å². The largest absolute Gasteiger partial charge is 0.573 e. The molecule has 6 nitrogen and oxygen atoms in total. The number of halogens is 3. The third kappa shape index (κ3) is 5.19. The lowest BCUT2D eigenvalue weighted by atomic mass is 10.1. The maximum absolute atomic E-state index is 12.3. The summed E-state index contributed by atoms with van der Waals surface area (Å²) in [6.45, 7) is 1.88. The molecule has 0 saturated heterocycles. The van der Waals surface area contributed by atoms with E-state index in [0.717, 1.165) is 16.9 Å². The quantitative estimate of drug-likeness (QED) is 0.552. The third-order valence-corrected chi connectivity index (χ3v) is 4.29. The number of carboxylic acid groups (broad SMARTS) is 1. The van der Waals surface area contributed by atoms with Crippen LogP contribution in [0.1, 0.15) is 16.1 Å². The molecule has 1 heterocycles. The molecule has 2 N–H and O–H groups in total. The number of hydrogen-bond donors (Lipinski definition) is 2. The van der Waals surface area contributed by atoms with Crippen molar-refractivity contribution in [1.29, 1.82) is 0 Å². The van der Waals surface area contributed by atoms with E-state index in [1.165, 1.54) is 30.3 Å². The molecule has 1 aromatic heterocycles. The van der Waals surface area contributed by atoms with Crippen LogP contribution in [0.5, 0.6) is 5.75 Å². The zero-order chi connectivity index (χ0) is 21.9. The number of carboxylic acids is 1. The van der Waals surface area contributed by atoms with Gasteiger partial charge in [0.05, 0.1) is 0 Å². The minimum atomic E-state index is -4.73. The molecular weight excluding hydrogens is 399 g/mol. The van der Waals surface area contributed by atoms with Crippen LogP contribution in [0.2, 0.25) is 0 Å². The molecule has 0 spiro atoms. The first-order valence-corrected chi connectivity index (χ1v) is 8.80. The molecule has 9 heteroatoms. The Balaban J connectivity index is 1.76. The lowest BCUT2D eigenvalue weighted by Crippen LogP contribution is -2.17. The second kappa shape index (κ2) is 8.32. The average molecular weight is 417 g/mol. The van der Waals surface area contributed by atoms with E-state index >= 15 is 0 Å². The summed E-state index contributed by atoms with van der Waals surface area (Å²) < 4.78 is 40.8. The van der Waals surface area contributed by atoms with Crippen LogP contribution in [0.15, 0.2) is 60.7 Å². The van der Waals surface area contributed by atoms with E-state index < -0.39 is 12.3 Å². The van der Waals surface area contributed by atoms with Gasteiger partial charge in [0.25, 0.3) is 0 Å². The first-order chi connectivity index (χ1) is 14.1. The Labute approximate surface area is 170 Å². The van der Waals surface area contributed by atoms with Crippen molar-refractivity contribution in [3.05, 3.63) is 71.9 Å². The SMILES string of the molecule is Cc1cc(N(C)c2ccc(OC(F)(F)F)cc2)ccc1Nc1cccc(C(=O)O)n1. The summed E-state index contributed by atoms with van der Waals surface area (Å²) in [4.78, 5) is 16.9.